The van der Waals surface area contributed by atoms with Gasteiger partial charge in [-0.05, 0) is 50.4 Å². The number of hydrogen-bond donors (Lipinski definition) is 2. The molecule has 2 aromatic rings. The molecule has 3 heterocycles. The van der Waals surface area contributed by atoms with Gasteiger partial charge in [0.2, 0.25) is 5.95 Å². The van der Waals surface area contributed by atoms with E-state index in [-0.39, 0.29) is 5.41 Å². The lowest BCUT2D eigenvalue weighted by molar-refractivity contribution is 0.0515. The zero-order valence-corrected chi connectivity index (χ0v) is 19.2. The van der Waals surface area contributed by atoms with Crippen LogP contribution in [-0.2, 0) is 10.2 Å². The molecule has 0 aliphatic carbocycles. The third-order valence-corrected chi connectivity index (χ3v) is 6.67. The minimum absolute atomic E-state index is 0.0237. The molecule has 31 heavy (non-hydrogen) atoms. The molecule has 1 aromatic carbocycles. The van der Waals surface area contributed by atoms with E-state index in [1.165, 1.54) is 31.2 Å². The van der Waals surface area contributed by atoms with E-state index in [1.54, 1.807) is 0 Å². The standard InChI is InChI=1S/C24H33N5OS/c1-19-17-21(29-13-7-2-3-8-14-29)27-22(26-19)28-23(31)25-18-24(11-15-30-16-12-24)20-9-5-4-6-10-20/h4-6,9-10,17H,2-3,7-8,11-16,18H2,1H3,(H2,25,26,27,28,31). The number of thiocarbonyl (C=S) groups is 1. The van der Waals surface area contributed by atoms with Crippen LogP contribution in [-0.4, -0.2) is 47.9 Å². The minimum Gasteiger partial charge on any atom is -0.381 e. The molecule has 2 fully saturated rings. The van der Waals surface area contributed by atoms with Crippen molar-refractivity contribution in [2.75, 3.05) is 43.1 Å². The first-order valence-corrected chi connectivity index (χ1v) is 11.8. The zero-order chi connectivity index (χ0) is 21.5. The Morgan fingerprint density at radius 1 is 1.06 bits per heavy atom. The number of hydrogen-bond acceptors (Lipinski definition) is 5. The first kappa shape index (κ1) is 22.0. The van der Waals surface area contributed by atoms with Crippen LogP contribution in [0.3, 0.4) is 0 Å². The maximum Gasteiger partial charge on any atom is 0.231 e. The van der Waals surface area contributed by atoms with Crippen molar-refractivity contribution in [1.29, 1.82) is 0 Å². The lowest BCUT2D eigenvalue weighted by Crippen LogP contribution is -2.45. The molecule has 7 heteroatoms. The van der Waals surface area contributed by atoms with Gasteiger partial charge in [-0.2, -0.15) is 4.98 Å². The maximum atomic E-state index is 5.64. The number of anilines is 2. The van der Waals surface area contributed by atoms with Crippen LogP contribution in [0.1, 0.15) is 49.8 Å². The average molecular weight is 440 g/mol. The molecule has 0 unspecified atom stereocenters. The SMILES string of the molecule is Cc1cc(N2CCCCCC2)nc(NC(=S)NCC2(c3ccccc3)CCOCC2)n1. The van der Waals surface area contributed by atoms with Gasteiger partial charge in [0.25, 0.3) is 0 Å². The van der Waals surface area contributed by atoms with Crippen LogP contribution in [0.5, 0.6) is 0 Å². The van der Waals surface area contributed by atoms with Gasteiger partial charge in [-0.25, -0.2) is 4.98 Å². The van der Waals surface area contributed by atoms with Crippen LogP contribution in [0.4, 0.5) is 11.8 Å². The number of rotatable bonds is 5. The van der Waals surface area contributed by atoms with Crippen LogP contribution < -0.4 is 15.5 Å². The van der Waals surface area contributed by atoms with Gasteiger partial charge < -0.3 is 20.3 Å². The molecule has 2 N–H and O–H groups in total. The third kappa shape index (κ3) is 5.71. The summed E-state index contributed by atoms with van der Waals surface area (Å²) in [6.07, 6.45) is 7.00. The Hall–Kier alpha value is -2.25. The molecule has 1 aromatic heterocycles. The van der Waals surface area contributed by atoms with Crippen LogP contribution >= 0.6 is 12.2 Å². The van der Waals surface area contributed by atoms with E-state index in [0.717, 1.165) is 57.2 Å². The van der Waals surface area contributed by atoms with Crippen LogP contribution in [0.25, 0.3) is 0 Å². The van der Waals surface area contributed by atoms with Crippen molar-refractivity contribution < 1.29 is 4.74 Å². The van der Waals surface area contributed by atoms with E-state index in [4.69, 9.17) is 21.9 Å². The summed E-state index contributed by atoms with van der Waals surface area (Å²) in [6, 6.07) is 12.8. The van der Waals surface area contributed by atoms with E-state index in [2.05, 4.69) is 56.9 Å². The molecular formula is C24H33N5OS. The summed E-state index contributed by atoms with van der Waals surface area (Å²) in [5.41, 5.74) is 2.31. The third-order valence-electron chi connectivity index (χ3n) is 6.42. The van der Waals surface area contributed by atoms with Gasteiger partial charge in [0, 0.05) is 50.0 Å². The highest BCUT2D eigenvalue weighted by molar-refractivity contribution is 7.80. The normalized spacial score (nSPS) is 18.8. The highest BCUT2D eigenvalue weighted by Crippen LogP contribution is 2.34. The molecule has 0 radical (unpaired) electrons. The Balaban J connectivity index is 1.42. The van der Waals surface area contributed by atoms with E-state index in [9.17, 15) is 0 Å². The zero-order valence-electron chi connectivity index (χ0n) is 18.4. The molecule has 4 rings (SSSR count). The van der Waals surface area contributed by atoms with E-state index >= 15 is 0 Å². The smallest absolute Gasteiger partial charge is 0.231 e. The first-order chi connectivity index (χ1) is 15.1. The highest BCUT2D eigenvalue weighted by atomic mass is 32.1. The van der Waals surface area contributed by atoms with Crippen molar-refractivity contribution in [1.82, 2.24) is 15.3 Å². The Labute approximate surface area is 190 Å². The van der Waals surface area contributed by atoms with Crippen LogP contribution in [0.15, 0.2) is 36.4 Å². The van der Waals surface area contributed by atoms with E-state index < -0.39 is 0 Å². The van der Waals surface area contributed by atoms with Crippen LogP contribution in [0.2, 0.25) is 0 Å². The number of nitrogens with zero attached hydrogens (tertiary/aromatic N) is 3. The Morgan fingerprint density at radius 2 is 1.77 bits per heavy atom. The number of benzene rings is 1. The van der Waals surface area contributed by atoms with Gasteiger partial charge in [-0.1, -0.05) is 43.2 Å². The van der Waals surface area contributed by atoms with E-state index in [0.29, 0.717) is 11.1 Å². The van der Waals surface area contributed by atoms with Gasteiger partial charge in [-0.15, -0.1) is 0 Å². The second-order valence-corrected chi connectivity index (χ2v) is 9.07. The fraction of sp³-hybridized carbons (Fsp3) is 0.542. The van der Waals surface area contributed by atoms with Crippen molar-refractivity contribution >= 4 is 29.1 Å². The second kappa shape index (κ2) is 10.4. The molecule has 0 amide bonds. The van der Waals surface area contributed by atoms with Gasteiger partial charge >= 0.3 is 0 Å². The van der Waals surface area contributed by atoms with Crippen molar-refractivity contribution in [2.24, 2.45) is 0 Å². The highest BCUT2D eigenvalue weighted by Gasteiger charge is 2.34. The van der Waals surface area contributed by atoms with Crippen molar-refractivity contribution in [2.45, 2.75) is 50.9 Å². The molecule has 0 bridgehead atoms. The Bertz CT molecular complexity index is 862. The average Bonchev–Trinajstić information content (AvgIpc) is 3.08. The number of ether oxygens (including phenoxy) is 1. The van der Waals surface area contributed by atoms with Gasteiger partial charge in [0.15, 0.2) is 5.11 Å². The molecular weight excluding hydrogens is 406 g/mol. The molecule has 2 saturated heterocycles. The predicted octanol–water partition coefficient (Wildman–Crippen LogP) is 4.20. The summed E-state index contributed by atoms with van der Waals surface area (Å²) < 4.78 is 5.64. The molecule has 2 aliphatic rings. The molecule has 0 saturated carbocycles. The molecule has 6 nitrogen and oxygen atoms in total. The summed E-state index contributed by atoms with van der Waals surface area (Å²) in [7, 11) is 0. The lowest BCUT2D eigenvalue weighted by Gasteiger charge is -2.38. The van der Waals surface area contributed by atoms with Gasteiger partial charge in [0.05, 0.1) is 0 Å². The van der Waals surface area contributed by atoms with Crippen molar-refractivity contribution in [3.05, 3.63) is 47.7 Å². The molecule has 0 spiro atoms. The predicted molar refractivity (Wildman–Crippen MR) is 130 cm³/mol. The van der Waals surface area contributed by atoms with Crippen LogP contribution in [0, 0.1) is 6.92 Å². The Kier molecular flexibility index (Phi) is 7.35. The quantitative estimate of drug-likeness (QED) is 0.677. The number of aromatic nitrogens is 2. The second-order valence-electron chi connectivity index (χ2n) is 8.66. The summed E-state index contributed by atoms with van der Waals surface area (Å²) >= 11 is 5.62. The van der Waals surface area contributed by atoms with Gasteiger partial charge in [-0.3, -0.25) is 0 Å². The van der Waals surface area contributed by atoms with Crippen molar-refractivity contribution in [3.8, 4) is 0 Å². The summed E-state index contributed by atoms with van der Waals surface area (Å²) in [5.74, 6) is 1.56. The Morgan fingerprint density at radius 3 is 2.48 bits per heavy atom. The van der Waals surface area contributed by atoms with Gasteiger partial charge in [0.1, 0.15) is 5.82 Å². The monoisotopic (exact) mass is 439 g/mol. The first-order valence-electron chi connectivity index (χ1n) is 11.4. The number of aryl methyl sites for hydroxylation is 1. The summed E-state index contributed by atoms with van der Waals surface area (Å²) in [4.78, 5) is 11.7. The number of nitrogens with one attached hydrogen (secondary N) is 2. The topological polar surface area (TPSA) is 62.3 Å². The largest absolute Gasteiger partial charge is 0.381 e. The molecule has 0 atom stereocenters. The fourth-order valence-electron chi connectivity index (χ4n) is 4.59. The summed E-state index contributed by atoms with van der Waals surface area (Å²) in [5, 5.41) is 7.23. The lowest BCUT2D eigenvalue weighted by atomic mass is 9.74. The maximum absolute atomic E-state index is 5.64. The summed E-state index contributed by atoms with van der Waals surface area (Å²) in [6.45, 7) is 6.43. The molecule has 2 aliphatic heterocycles. The minimum atomic E-state index is 0.0237. The van der Waals surface area contributed by atoms with Crippen molar-refractivity contribution in [3.63, 3.8) is 0 Å². The fourth-order valence-corrected chi connectivity index (χ4v) is 4.75. The molecule has 166 valence electrons. The van der Waals surface area contributed by atoms with E-state index in [1.807, 2.05) is 6.92 Å².